The van der Waals surface area contributed by atoms with E-state index < -0.39 is 0 Å². The molecule has 22 heavy (non-hydrogen) atoms. The lowest BCUT2D eigenvalue weighted by molar-refractivity contribution is 0.0996. The van der Waals surface area contributed by atoms with Gasteiger partial charge in [-0.3, -0.25) is 9.69 Å². The first-order valence-electron chi connectivity index (χ1n) is 6.98. The van der Waals surface area contributed by atoms with Crippen molar-refractivity contribution in [3.8, 4) is 0 Å². The van der Waals surface area contributed by atoms with Gasteiger partial charge in [0.25, 0.3) is 5.91 Å². The van der Waals surface area contributed by atoms with E-state index in [0.29, 0.717) is 18.0 Å². The second-order valence-electron chi connectivity index (χ2n) is 5.12. The molecule has 108 valence electrons. The number of thioether (sulfide) groups is 1. The summed E-state index contributed by atoms with van der Waals surface area (Å²) in [4.78, 5) is 23.3. The van der Waals surface area contributed by atoms with Gasteiger partial charge in [-0.1, -0.05) is 18.2 Å². The number of carbonyl (C=O) groups excluding carboxylic acids is 1. The summed E-state index contributed by atoms with van der Waals surface area (Å²) in [5.41, 5.74) is 2.48. The minimum absolute atomic E-state index is 0.00321. The number of benzene rings is 1. The first-order valence-corrected chi connectivity index (χ1v) is 8.20. The van der Waals surface area contributed by atoms with Crippen LogP contribution in [0.4, 0.5) is 5.82 Å². The predicted octanol–water partition coefficient (Wildman–Crippen LogP) is 3.51. The lowest BCUT2D eigenvalue weighted by atomic mass is 10.1. The molecule has 0 spiro atoms. The SMILES string of the molecule is CSc1ccc2ccc(N3Cc4ccccc4C3=O)nc2n1. The Morgan fingerprint density at radius 1 is 1.05 bits per heavy atom. The van der Waals surface area contributed by atoms with Crippen molar-refractivity contribution in [3.05, 3.63) is 59.7 Å². The smallest absolute Gasteiger partial charge is 0.260 e. The van der Waals surface area contributed by atoms with E-state index in [1.165, 1.54) is 0 Å². The highest BCUT2D eigenvalue weighted by molar-refractivity contribution is 7.98. The molecule has 4 nitrogen and oxygen atoms in total. The van der Waals surface area contributed by atoms with Crippen LogP contribution in [0, 0.1) is 0 Å². The quantitative estimate of drug-likeness (QED) is 0.680. The second-order valence-corrected chi connectivity index (χ2v) is 5.94. The number of amides is 1. The summed E-state index contributed by atoms with van der Waals surface area (Å²) in [6, 6.07) is 15.5. The fraction of sp³-hybridized carbons (Fsp3) is 0.118. The number of rotatable bonds is 2. The van der Waals surface area contributed by atoms with Crippen molar-refractivity contribution in [2.24, 2.45) is 0 Å². The number of anilines is 1. The van der Waals surface area contributed by atoms with Crippen molar-refractivity contribution in [2.45, 2.75) is 11.6 Å². The van der Waals surface area contributed by atoms with Gasteiger partial charge < -0.3 is 0 Å². The van der Waals surface area contributed by atoms with E-state index >= 15 is 0 Å². The molecule has 2 aromatic heterocycles. The van der Waals surface area contributed by atoms with Crippen LogP contribution < -0.4 is 4.90 Å². The molecule has 1 aromatic carbocycles. The molecule has 0 atom stereocenters. The third kappa shape index (κ3) is 2.05. The lowest BCUT2D eigenvalue weighted by Gasteiger charge is -2.14. The maximum atomic E-state index is 12.5. The van der Waals surface area contributed by atoms with Crippen LogP contribution in [0.1, 0.15) is 15.9 Å². The molecule has 0 saturated heterocycles. The van der Waals surface area contributed by atoms with Crippen LogP contribution in [-0.4, -0.2) is 22.1 Å². The van der Waals surface area contributed by atoms with E-state index in [1.807, 2.05) is 54.8 Å². The van der Waals surface area contributed by atoms with E-state index in [-0.39, 0.29) is 5.91 Å². The van der Waals surface area contributed by atoms with Crippen LogP contribution in [0.2, 0.25) is 0 Å². The number of carbonyl (C=O) groups is 1. The summed E-state index contributed by atoms with van der Waals surface area (Å²) in [6.45, 7) is 0.565. The molecule has 5 heteroatoms. The number of aromatic nitrogens is 2. The standard InChI is InChI=1S/C17H13N3OS/c1-22-15-9-7-11-6-8-14(18-16(11)19-15)20-10-12-4-2-3-5-13(12)17(20)21/h2-9H,10H2,1H3. The lowest BCUT2D eigenvalue weighted by Crippen LogP contribution is -2.24. The number of pyridine rings is 2. The summed E-state index contributed by atoms with van der Waals surface area (Å²) < 4.78 is 0. The van der Waals surface area contributed by atoms with E-state index in [0.717, 1.165) is 21.5 Å². The van der Waals surface area contributed by atoms with Gasteiger partial charge in [-0.15, -0.1) is 11.8 Å². The Morgan fingerprint density at radius 3 is 2.68 bits per heavy atom. The topological polar surface area (TPSA) is 46.1 Å². The maximum absolute atomic E-state index is 12.5. The Morgan fingerprint density at radius 2 is 1.86 bits per heavy atom. The second kappa shape index (κ2) is 5.10. The van der Waals surface area contributed by atoms with E-state index in [9.17, 15) is 4.79 Å². The monoisotopic (exact) mass is 307 g/mol. The molecule has 1 aliphatic rings. The van der Waals surface area contributed by atoms with Crippen molar-refractivity contribution in [1.82, 2.24) is 9.97 Å². The van der Waals surface area contributed by atoms with E-state index in [2.05, 4.69) is 9.97 Å². The molecule has 0 bridgehead atoms. The highest BCUT2D eigenvalue weighted by Gasteiger charge is 2.28. The maximum Gasteiger partial charge on any atom is 0.260 e. The van der Waals surface area contributed by atoms with Gasteiger partial charge in [-0.25, -0.2) is 9.97 Å². The third-order valence-corrected chi connectivity index (χ3v) is 4.46. The molecule has 0 unspecified atom stereocenters. The largest absolute Gasteiger partial charge is 0.288 e. The van der Waals surface area contributed by atoms with Gasteiger partial charge in [0.2, 0.25) is 0 Å². The summed E-state index contributed by atoms with van der Waals surface area (Å²) in [5, 5.41) is 1.90. The Bertz CT molecular complexity index is 894. The van der Waals surface area contributed by atoms with Gasteiger partial charge in [0.1, 0.15) is 5.82 Å². The average Bonchev–Trinajstić information content (AvgIpc) is 2.91. The van der Waals surface area contributed by atoms with Crippen molar-refractivity contribution in [1.29, 1.82) is 0 Å². The van der Waals surface area contributed by atoms with E-state index in [4.69, 9.17) is 0 Å². The molecule has 0 radical (unpaired) electrons. The Kier molecular flexibility index (Phi) is 3.08. The van der Waals surface area contributed by atoms with Crippen LogP contribution in [0.5, 0.6) is 0 Å². The van der Waals surface area contributed by atoms with Crippen molar-refractivity contribution >= 4 is 34.5 Å². The molecule has 0 fully saturated rings. The minimum atomic E-state index is 0.00321. The molecule has 1 amide bonds. The molecule has 0 aliphatic carbocycles. The third-order valence-electron chi connectivity index (χ3n) is 3.82. The van der Waals surface area contributed by atoms with Crippen LogP contribution >= 0.6 is 11.8 Å². The van der Waals surface area contributed by atoms with Gasteiger partial charge in [-0.05, 0) is 42.2 Å². The predicted molar refractivity (Wildman–Crippen MR) is 88.3 cm³/mol. The molecular formula is C17H13N3OS. The molecule has 3 heterocycles. The number of nitrogens with zero attached hydrogens (tertiary/aromatic N) is 3. The van der Waals surface area contributed by atoms with E-state index in [1.54, 1.807) is 16.7 Å². The van der Waals surface area contributed by atoms with Gasteiger partial charge in [0.05, 0.1) is 11.6 Å². The van der Waals surface area contributed by atoms with Gasteiger partial charge in [-0.2, -0.15) is 0 Å². The van der Waals surface area contributed by atoms with Crippen LogP contribution in [0.15, 0.2) is 53.6 Å². The minimum Gasteiger partial charge on any atom is -0.288 e. The molecule has 0 saturated carbocycles. The fourth-order valence-corrected chi connectivity index (χ4v) is 3.06. The molecule has 4 rings (SSSR count). The van der Waals surface area contributed by atoms with Crippen molar-refractivity contribution < 1.29 is 4.79 Å². The van der Waals surface area contributed by atoms with Gasteiger partial charge in [0.15, 0.2) is 5.65 Å². The van der Waals surface area contributed by atoms with Crippen LogP contribution in [-0.2, 0) is 6.54 Å². The Labute approximate surface area is 132 Å². The molecule has 0 N–H and O–H groups in total. The number of fused-ring (bicyclic) bond motifs is 2. The average molecular weight is 307 g/mol. The highest BCUT2D eigenvalue weighted by Crippen LogP contribution is 2.28. The summed E-state index contributed by atoms with van der Waals surface area (Å²) in [7, 11) is 0. The highest BCUT2D eigenvalue weighted by atomic mass is 32.2. The summed E-state index contributed by atoms with van der Waals surface area (Å²) in [5.74, 6) is 0.655. The van der Waals surface area contributed by atoms with Crippen molar-refractivity contribution in [2.75, 3.05) is 11.2 Å². The Hall–Kier alpha value is -2.40. The summed E-state index contributed by atoms with van der Waals surface area (Å²) >= 11 is 1.58. The van der Waals surface area contributed by atoms with Gasteiger partial charge >= 0.3 is 0 Å². The summed E-state index contributed by atoms with van der Waals surface area (Å²) in [6.07, 6.45) is 1.98. The Balaban J connectivity index is 1.77. The van der Waals surface area contributed by atoms with Crippen LogP contribution in [0.25, 0.3) is 11.0 Å². The fourth-order valence-electron chi connectivity index (χ4n) is 2.67. The van der Waals surface area contributed by atoms with Gasteiger partial charge in [0, 0.05) is 10.9 Å². The van der Waals surface area contributed by atoms with Crippen LogP contribution in [0.3, 0.4) is 0 Å². The molecule has 3 aromatic rings. The normalized spacial score (nSPS) is 13.7. The zero-order valence-electron chi connectivity index (χ0n) is 12.0. The van der Waals surface area contributed by atoms with Crippen molar-refractivity contribution in [3.63, 3.8) is 0 Å². The first kappa shape index (κ1) is 13.3. The first-order chi connectivity index (χ1) is 10.8. The zero-order chi connectivity index (χ0) is 15.1. The molecule has 1 aliphatic heterocycles. The number of hydrogen-bond acceptors (Lipinski definition) is 4. The number of hydrogen-bond donors (Lipinski definition) is 0. The molecular weight excluding hydrogens is 294 g/mol. The zero-order valence-corrected chi connectivity index (χ0v) is 12.8.